The third kappa shape index (κ3) is 4.22. The fourth-order valence-corrected chi connectivity index (χ4v) is 3.43. The molecule has 0 spiro atoms. The van der Waals surface area contributed by atoms with Crippen LogP contribution in [0.4, 0.5) is 5.69 Å². The molecule has 3 rings (SSSR count). The summed E-state index contributed by atoms with van der Waals surface area (Å²) in [7, 11) is 0. The molecule has 1 aromatic carbocycles. The highest BCUT2D eigenvalue weighted by molar-refractivity contribution is 5.99. The Kier molecular flexibility index (Phi) is 6.72. The summed E-state index contributed by atoms with van der Waals surface area (Å²) in [5.41, 5.74) is 6.95. The minimum atomic E-state index is -0.911. The van der Waals surface area contributed by atoms with Crippen molar-refractivity contribution in [2.24, 2.45) is 17.1 Å². The predicted molar refractivity (Wildman–Crippen MR) is 105 cm³/mol. The van der Waals surface area contributed by atoms with E-state index in [-0.39, 0.29) is 24.4 Å². The van der Waals surface area contributed by atoms with Gasteiger partial charge in [0, 0.05) is 30.7 Å². The van der Waals surface area contributed by atoms with Crippen LogP contribution < -0.4 is 11.1 Å². The third-order valence-electron chi connectivity index (χ3n) is 5.74. The van der Waals surface area contributed by atoms with Crippen molar-refractivity contribution in [3.8, 4) is 0 Å². The average Bonchev–Trinajstić information content (AvgIpc) is 3.39. The van der Waals surface area contributed by atoms with Crippen LogP contribution in [-0.2, 0) is 20.9 Å². The highest BCUT2D eigenvalue weighted by Crippen LogP contribution is 2.50. The van der Waals surface area contributed by atoms with Gasteiger partial charge in [-0.3, -0.25) is 4.79 Å². The molecule has 0 saturated heterocycles. The van der Waals surface area contributed by atoms with Crippen molar-refractivity contribution in [3.05, 3.63) is 29.8 Å². The number of ether oxygens (including phenoxy) is 2. The molecule has 2 atom stereocenters. The number of anilines is 1. The van der Waals surface area contributed by atoms with Crippen molar-refractivity contribution in [2.45, 2.75) is 58.3 Å². The van der Waals surface area contributed by atoms with E-state index >= 15 is 0 Å². The average molecular weight is 383 g/mol. The first kappa shape index (κ1) is 21.2. The Hall–Kier alpha value is -1.14. The van der Waals surface area contributed by atoms with Crippen LogP contribution in [0.5, 0.6) is 0 Å². The summed E-state index contributed by atoms with van der Waals surface area (Å²) >= 11 is 0. The molecule has 2 aliphatic carbocycles. The summed E-state index contributed by atoms with van der Waals surface area (Å²) in [6.45, 7) is 8.00. The Morgan fingerprint density at radius 1 is 1.35 bits per heavy atom. The van der Waals surface area contributed by atoms with E-state index in [1.54, 1.807) is 0 Å². The number of hydrogen-bond acceptors (Lipinski definition) is 4. The largest absolute Gasteiger partial charge is 0.378 e. The first-order valence-corrected chi connectivity index (χ1v) is 9.25. The Morgan fingerprint density at radius 2 is 2.08 bits per heavy atom. The molecule has 0 radical (unpaired) electrons. The molecule has 0 bridgehead atoms. The molecule has 3 N–H and O–H groups in total. The van der Waals surface area contributed by atoms with E-state index in [4.69, 9.17) is 15.2 Å². The van der Waals surface area contributed by atoms with Crippen LogP contribution in [0.3, 0.4) is 0 Å². The van der Waals surface area contributed by atoms with Crippen molar-refractivity contribution in [1.82, 2.24) is 0 Å². The van der Waals surface area contributed by atoms with Gasteiger partial charge in [-0.25, -0.2) is 0 Å². The van der Waals surface area contributed by atoms with Gasteiger partial charge in [0.15, 0.2) is 0 Å². The number of rotatable bonds is 8. The maximum absolute atomic E-state index is 12.8. The quantitative estimate of drug-likeness (QED) is 0.721. The van der Waals surface area contributed by atoms with E-state index in [1.807, 2.05) is 45.0 Å². The normalized spacial score (nSPS) is 26.5. The molecule has 0 aromatic heterocycles. The van der Waals surface area contributed by atoms with Crippen molar-refractivity contribution in [2.75, 3.05) is 18.5 Å². The number of nitrogens with one attached hydrogen (secondary N) is 1. The fraction of sp³-hybridized carbons (Fsp3) is 0.650. The van der Waals surface area contributed by atoms with Crippen molar-refractivity contribution in [3.63, 3.8) is 0 Å². The van der Waals surface area contributed by atoms with Crippen LogP contribution in [0.25, 0.3) is 0 Å². The SMILES string of the molecule is CCOC1CC(N)(C(=O)Nc2cccc(COCC3CC3)c2)C1(C)C.Cl. The highest BCUT2D eigenvalue weighted by Gasteiger charge is 2.62. The fourth-order valence-electron chi connectivity index (χ4n) is 3.43. The van der Waals surface area contributed by atoms with Gasteiger partial charge in [0.2, 0.25) is 5.91 Å². The smallest absolute Gasteiger partial charge is 0.245 e. The van der Waals surface area contributed by atoms with Crippen molar-refractivity contribution in [1.29, 1.82) is 0 Å². The monoisotopic (exact) mass is 382 g/mol. The lowest BCUT2D eigenvalue weighted by molar-refractivity contribution is -0.166. The second-order valence-corrected chi connectivity index (χ2v) is 7.95. The zero-order valence-corrected chi connectivity index (χ0v) is 16.7. The number of carbonyl (C=O) groups is 1. The molecular formula is C20H31ClN2O3. The molecule has 1 aromatic rings. The Morgan fingerprint density at radius 3 is 2.69 bits per heavy atom. The lowest BCUT2D eigenvalue weighted by atomic mass is 9.54. The molecule has 0 heterocycles. The van der Waals surface area contributed by atoms with Crippen LogP contribution in [0, 0.1) is 11.3 Å². The van der Waals surface area contributed by atoms with Gasteiger partial charge in [0.1, 0.15) is 5.54 Å². The first-order valence-electron chi connectivity index (χ1n) is 9.25. The molecule has 2 aliphatic rings. The summed E-state index contributed by atoms with van der Waals surface area (Å²) in [5, 5.41) is 2.98. The number of amides is 1. The van der Waals surface area contributed by atoms with Crippen LogP contribution in [0.15, 0.2) is 24.3 Å². The molecule has 5 nitrogen and oxygen atoms in total. The standard InChI is InChI=1S/C20H30N2O3.ClH/c1-4-25-17-11-20(21,19(17,2)3)18(23)22-16-7-5-6-15(10-16)13-24-12-14-8-9-14;/h5-7,10,14,17H,4,8-9,11-13,21H2,1-3H3,(H,22,23);1H. The topological polar surface area (TPSA) is 73.6 Å². The zero-order chi connectivity index (χ0) is 18.1. The third-order valence-corrected chi connectivity index (χ3v) is 5.74. The molecule has 146 valence electrons. The summed E-state index contributed by atoms with van der Waals surface area (Å²) in [5.74, 6) is 0.601. The highest BCUT2D eigenvalue weighted by atomic mass is 35.5. The van der Waals surface area contributed by atoms with E-state index in [0.717, 1.165) is 23.8 Å². The summed E-state index contributed by atoms with van der Waals surface area (Å²) in [4.78, 5) is 12.8. The molecular weight excluding hydrogens is 352 g/mol. The van der Waals surface area contributed by atoms with E-state index in [0.29, 0.717) is 19.6 Å². The molecule has 26 heavy (non-hydrogen) atoms. The molecule has 0 aliphatic heterocycles. The van der Waals surface area contributed by atoms with Gasteiger partial charge in [-0.05, 0) is 43.4 Å². The Bertz CT molecular complexity index is 633. The van der Waals surface area contributed by atoms with Gasteiger partial charge in [0.25, 0.3) is 0 Å². The van der Waals surface area contributed by atoms with E-state index in [2.05, 4.69) is 5.32 Å². The van der Waals surface area contributed by atoms with Crippen LogP contribution in [-0.4, -0.2) is 30.8 Å². The summed E-state index contributed by atoms with van der Waals surface area (Å²) in [6.07, 6.45) is 3.14. The Labute approximate surface area is 162 Å². The van der Waals surface area contributed by atoms with E-state index in [9.17, 15) is 4.79 Å². The van der Waals surface area contributed by atoms with E-state index in [1.165, 1.54) is 12.8 Å². The van der Waals surface area contributed by atoms with Gasteiger partial charge in [-0.15, -0.1) is 12.4 Å². The zero-order valence-electron chi connectivity index (χ0n) is 15.9. The minimum absolute atomic E-state index is 0. The first-order chi connectivity index (χ1) is 11.9. The van der Waals surface area contributed by atoms with E-state index < -0.39 is 11.0 Å². The molecule has 1 amide bonds. The second kappa shape index (κ2) is 8.26. The second-order valence-electron chi connectivity index (χ2n) is 7.95. The van der Waals surface area contributed by atoms with Crippen LogP contribution in [0.1, 0.15) is 45.6 Å². The maximum atomic E-state index is 12.8. The predicted octanol–water partition coefficient (Wildman–Crippen LogP) is 3.51. The number of nitrogens with two attached hydrogens (primary N) is 1. The lowest BCUT2D eigenvalue weighted by Gasteiger charge is -2.57. The van der Waals surface area contributed by atoms with Gasteiger partial charge in [-0.1, -0.05) is 26.0 Å². The molecule has 2 fully saturated rings. The summed E-state index contributed by atoms with van der Waals surface area (Å²) in [6, 6.07) is 7.79. The molecule has 6 heteroatoms. The number of hydrogen-bond donors (Lipinski definition) is 2. The molecule has 2 unspecified atom stereocenters. The van der Waals surface area contributed by atoms with Gasteiger partial charge in [-0.2, -0.15) is 0 Å². The lowest BCUT2D eigenvalue weighted by Crippen LogP contribution is -2.74. The summed E-state index contributed by atoms with van der Waals surface area (Å²) < 4.78 is 11.4. The molecule has 2 saturated carbocycles. The van der Waals surface area contributed by atoms with Crippen molar-refractivity contribution < 1.29 is 14.3 Å². The van der Waals surface area contributed by atoms with Gasteiger partial charge >= 0.3 is 0 Å². The maximum Gasteiger partial charge on any atom is 0.245 e. The van der Waals surface area contributed by atoms with Gasteiger partial charge in [0.05, 0.1) is 12.7 Å². The number of benzene rings is 1. The van der Waals surface area contributed by atoms with Crippen LogP contribution in [0.2, 0.25) is 0 Å². The van der Waals surface area contributed by atoms with Crippen LogP contribution >= 0.6 is 12.4 Å². The van der Waals surface area contributed by atoms with Crippen molar-refractivity contribution >= 4 is 24.0 Å². The number of carbonyl (C=O) groups excluding carboxylic acids is 1. The Balaban J connectivity index is 0.00000243. The number of halogens is 1. The minimum Gasteiger partial charge on any atom is -0.378 e. The van der Waals surface area contributed by atoms with Gasteiger partial charge < -0.3 is 20.5 Å².